The summed E-state index contributed by atoms with van der Waals surface area (Å²) < 4.78 is 12.1. The van der Waals surface area contributed by atoms with Crippen molar-refractivity contribution in [3.8, 4) is 0 Å². The van der Waals surface area contributed by atoms with Gasteiger partial charge in [0.25, 0.3) is 0 Å². The van der Waals surface area contributed by atoms with Crippen molar-refractivity contribution < 1.29 is 24.2 Å². The fraction of sp³-hybridized carbons (Fsp3) is 0.795. The standard InChI is InChI=1S/C39H58O5/c1-25(23-40)28-15-20-39(34(42)43-24-27-11-9-8-10-12-27)22-21-37(6)29(33(28)39)13-14-31-36(5)18-17-32(44-26(2)41)35(3,4)30(36)16-19-38(31,37)7/h8-12,25,28-33,40H,13-24H2,1-7H3/t25?,28?,29?,30?,31?,32-,33?,36-,37+,38+,39-/m0/s1. The summed E-state index contributed by atoms with van der Waals surface area (Å²) in [4.78, 5) is 26.3. The van der Waals surface area contributed by atoms with Crippen LogP contribution in [0.1, 0.15) is 118 Å². The molecule has 5 aliphatic rings. The van der Waals surface area contributed by atoms with Crippen LogP contribution in [0, 0.1) is 62.6 Å². The number of carbonyl (C=O) groups is 2. The van der Waals surface area contributed by atoms with E-state index < -0.39 is 5.41 Å². The maximum atomic E-state index is 14.3. The minimum Gasteiger partial charge on any atom is -0.462 e. The smallest absolute Gasteiger partial charge is 0.312 e. The largest absolute Gasteiger partial charge is 0.462 e. The Morgan fingerprint density at radius 2 is 1.59 bits per heavy atom. The van der Waals surface area contributed by atoms with Gasteiger partial charge < -0.3 is 14.6 Å². The second-order valence-corrected chi connectivity index (χ2v) is 17.2. The van der Waals surface area contributed by atoms with Gasteiger partial charge >= 0.3 is 11.9 Å². The molecule has 5 aliphatic carbocycles. The van der Waals surface area contributed by atoms with Gasteiger partial charge in [0.15, 0.2) is 0 Å². The minimum absolute atomic E-state index is 0.00855. The Labute approximate surface area is 266 Å². The predicted molar refractivity (Wildman–Crippen MR) is 172 cm³/mol. The molecule has 0 radical (unpaired) electrons. The Morgan fingerprint density at radius 1 is 0.864 bits per heavy atom. The van der Waals surface area contributed by atoms with E-state index in [4.69, 9.17) is 9.47 Å². The number of rotatable bonds is 6. The van der Waals surface area contributed by atoms with Crippen molar-refractivity contribution >= 4 is 11.9 Å². The molecule has 1 N–H and O–H groups in total. The van der Waals surface area contributed by atoms with E-state index in [0.717, 1.165) is 50.5 Å². The molecule has 6 rings (SSSR count). The van der Waals surface area contributed by atoms with Crippen LogP contribution in [0.5, 0.6) is 0 Å². The minimum atomic E-state index is -0.443. The van der Waals surface area contributed by atoms with Gasteiger partial charge in [-0.05, 0) is 122 Å². The van der Waals surface area contributed by atoms with Crippen molar-refractivity contribution in [3.05, 3.63) is 35.9 Å². The van der Waals surface area contributed by atoms with Gasteiger partial charge in [0, 0.05) is 18.9 Å². The number of carbonyl (C=O) groups excluding carboxylic acids is 2. The predicted octanol–water partition coefficient (Wildman–Crippen LogP) is 8.37. The number of esters is 2. The molecule has 0 aliphatic heterocycles. The van der Waals surface area contributed by atoms with E-state index >= 15 is 0 Å². The van der Waals surface area contributed by atoms with Crippen molar-refractivity contribution in [1.29, 1.82) is 0 Å². The zero-order chi connectivity index (χ0) is 31.7. The van der Waals surface area contributed by atoms with Crippen LogP contribution in [-0.2, 0) is 25.7 Å². The van der Waals surface area contributed by atoms with Crippen molar-refractivity contribution in [2.24, 2.45) is 62.6 Å². The third kappa shape index (κ3) is 4.55. The summed E-state index contributed by atoms with van der Waals surface area (Å²) in [7, 11) is 0. The number of benzene rings is 1. The molecule has 0 aromatic heterocycles. The van der Waals surface area contributed by atoms with E-state index in [1.807, 2.05) is 30.3 Å². The quantitative estimate of drug-likeness (QED) is 0.329. The highest BCUT2D eigenvalue weighted by atomic mass is 16.5. The lowest BCUT2D eigenvalue weighted by Crippen LogP contribution is -2.67. The first-order valence-corrected chi connectivity index (χ1v) is 17.7. The number of aliphatic hydroxyl groups excluding tert-OH is 1. The molecule has 5 fully saturated rings. The summed E-state index contributed by atoms with van der Waals surface area (Å²) in [5.74, 6) is 2.23. The van der Waals surface area contributed by atoms with Gasteiger partial charge in [0.05, 0.1) is 5.41 Å². The molecule has 0 heterocycles. The average molecular weight is 607 g/mol. The summed E-state index contributed by atoms with van der Waals surface area (Å²) in [6.07, 6.45) is 10.6. The highest BCUT2D eigenvalue weighted by molar-refractivity contribution is 5.78. The molecule has 0 spiro atoms. The molecule has 0 amide bonds. The van der Waals surface area contributed by atoms with E-state index in [0.29, 0.717) is 30.3 Å². The van der Waals surface area contributed by atoms with Crippen molar-refractivity contribution in [3.63, 3.8) is 0 Å². The van der Waals surface area contributed by atoms with Gasteiger partial charge in [0.1, 0.15) is 12.7 Å². The Balaban J connectivity index is 1.32. The van der Waals surface area contributed by atoms with Crippen LogP contribution >= 0.6 is 0 Å². The first-order valence-electron chi connectivity index (χ1n) is 17.7. The van der Waals surface area contributed by atoms with Crippen LogP contribution in [0.3, 0.4) is 0 Å². The SMILES string of the molecule is CC(=O)O[C@H]1CC[C@@]2(C)C(CC[C@]3(C)C2CCC2C4C(C(C)CO)CC[C@]4(C(=O)OCc4ccccc4)CC[C@]23C)C1(C)C. The molecule has 0 saturated heterocycles. The molecule has 1 aromatic carbocycles. The molecular weight excluding hydrogens is 548 g/mol. The van der Waals surface area contributed by atoms with E-state index in [1.165, 1.54) is 19.3 Å². The molecule has 11 atom stereocenters. The Kier molecular flexibility index (Phi) is 8.11. The summed E-state index contributed by atoms with van der Waals surface area (Å²) in [5.41, 5.74) is 1.07. The first-order chi connectivity index (χ1) is 20.7. The number of aliphatic hydroxyl groups is 1. The molecule has 244 valence electrons. The van der Waals surface area contributed by atoms with Crippen molar-refractivity contribution in [2.75, 3.05) is 6.61 Å². The average Bonchev–Trinajstić information content (AvgIpc) is 3.39. The lowest BCUT2D eigenvalue weighted by Gasteiger charge is -2.72. The van der Waals surface area contributed by atoms with Crippen LogP contribution in [-0.4, -0.2) is 29.8 Å². The molecular formula is C39H58O5. The van der Waals surface area contributed by atoms with E-state index in [-0.39, 0.29) is 58.1 Å². The van der Waals surface area contributed by atoms with E-state index in [2.05, 4.69) is 41.5 Å². The molecule has 5 nitrogen and oxygen atoms in total. The van der Waals surface area contributed by atoms with Gasteiger partial charge in [0.2, 0.25) is 0 Å². The van der Waals surface area contributed by atoms with Gasteiger partial charge in [-0.3, -0.25) is 9.59 Å². The summed E-state index contributed by atoms with van der Waals surface area (Å²) in [6, 6.07) is 10.1. The normalized spacial score (nSPS) is 44.7. The Morgan fingerprint density at radius 3 is 2.27 bits per heavy atom. The third-order valence-electron chi connectivity index (χ3n) is 15.4. The highest BCUT2D eigenvalue weighted by Crippen LogP contribution is 2.77. The fourth-order valence-electron chi connectivity index (χ4n) is 13.0. The Hall–Kier alpha value is -1.88. The molecule has 1 aromatic rings. The summed E-state index contributed by atoms with van der Waals surface area (Å²) in [5, 5.41) is 10.4. The lowest BCUT2D eigenvalue weighted by molar-refractivity contribution is -0.252. The number of hydrogen-bond donors (Lipinski definition) is 1. The molecule has 5 saturated carbocycles. The van der Waals surface area contributed by atoms with Gasteiger partial charge in [-0.15, -0.1) is 0 Å². The molecule has 6 unspecified atom stereocenters. The van der Waals surface area contributed by atoms with Gasteiger partial charge in [-0.25, -0.2) is 0 Å². The number of fused-ring (bicyclic) bond motifs is 7. The Bertz CT molecular complexity index is 1240. The van der Waals surface area contributed by atoms with Crippen LogP contribution < -0.4 is 0 Å². The summed E-state index contributed by atoms with van der Waals surface area (Å²) >= 11 is 0. The fourth-order valence-corrected chi connectivity index (χ4v) is 13.0. The number of hydrogen-bond acceptors (Lipinski definition) is 5. The lowest BCUT2D eigenvalue weighted by atomic mass is 9.32. The zero-order valence-corrected chi connectivity index (χ0v) is 28.5. The van der Waals surface area contributed by atoms with Crippen molar-refractivity contribution in [2.45, 2.75) is 125 Å². The molecule has 5 heteroatoms. The number of ether oxygens (including phenoxy) is 2. The highest BCUT2D eigenvalue weighted by Gasteiger charge is 2.72. The maximum absolute atomic E-state index is 14.3. The van der Waals surface area contributed by atoms with Crippen LogP contribution in [0.2, 0.25) is 0 Å². The third-order valence-corrected chi connectivity index (χ3v) is 15.4. The maximum Gasteiger partial charge on any atom is 0.312 e. The molecule has 0 bridgehead atoms. The van der Waals surface area contributed by atoms with Crippen molar-refractivity contribution in [1.82, 2.24) is 0 Å². The van der Waals surface area contributed by atoms with E-state index in [9.17, 15) is 14.7 Å². The van der Waals surface area contributed by atoms with Gasteiger partial charge in [-0.1, -0.05) is 71.9 Å². The van der Waals surface area contributed by atoms with Crippen LogP contribution in [0.15, 0.2) is 30.3 Å². The van der Waals surface area contributed by atoms with E-state index in [1.54, 1.807) is 6.92 Å². The zero-order valence-electron chi connectivity index (χ0n) is 28.5. The van der Waals surface area contributed by atoms with Crippen LogP contribution in [0.25, 0.3) is 0 Å². The second-order valence-electron chi connectivity index (χ2n) is 17.2. The van der Waals surface area contributed by atoms with Gasteiger partial charge in [-0.2, -0.15) is 0 Å². The topological polar surface area (TPSA) is 72.8 Å². The monoisotopic (exact) mass is 606 g/mol. The summed E-state index contributed by atoms with van der Waals surface area (Å²) in [6.45, 7) is 16.8. The van der Waals surface area contributed by atoms with Crippen LogP contribution in [0.4, 0.5) is 0 Å². The molecule has 44 heavy (non-hydrogen) atoms. The second kappa shape index (κ2) is 11.1. The first kappa shape index (κ1) is 32.1.